The van der Waals surface area contributed by atoms with Crippen LogP contribution >= 0.6 is 0 Å². The average Bonchev–Trinajstić information content (AvgIpc) is 2.68. The first-order valence-electron chi connectivity index (χ1n) is 9.74. The van der Waals surface area contributed by atoms with E-state index in [4.69, 9.17) is 0 Å². The Morgan fingerprint density at radius 1 is 0.968 bits per heavy atom. The zero-order valence-electron chi connectivity index (χ0n) is 17.5. The number of piperazine rings is 1. The van der Waals surface area contributed by atoms with Crippen LogP contribution in [-0.4, -0.2) is 56.3 Å². The minimum absolute atomic E-state index is 0.130. The van der Waals surface area contributed by atoms with E-state index >= 15 is 0 Å². The van der Waals surface area contributed by atoms with Crippen LogP contribution in [0.15, 0.2) is 29.2 Å². The van der Waals surface area contributed by atoms with Crippen LogP contribution in [0.4, 0.5) is 18.9 Å². The fraction of sp³-hybridized carbons (Fsp3) is 0.381. The van der Waals surface area contributed by atoms with Crippen molar-refractivity contribution in [2.75, 3.05) is 38.0 Å². The second-order valence-corrected chi connectivity index (χ2v) is 9.55. The number of nitrogens with one attached hydrogen (secondary N) is 1. The maximum absolute atomic E-state index is 13.7. The number of carbonyl (C=O) groups excluding carboxylic acids is 1. The van der Waals surface area contributed by atoms with Crippen LogP contribution in [0.1, 0.15) is 16.7 Å². The summed E-state index contributed by atoms with van der Waals surface area (Å²) in [5.41, 5.74) is 1.92. The number of aryl methyl sites for hydroxylation is 3. The average molecular weight is 456 g/mol. The fourth-order valence-electron chi connectivity index (χ4n) is 3.85. The summed E-state index contributed by atoms with van der Waals surface area (Å²) in [6.45, 7) is 6.31. The molecule has 2 aromatic rings. The predicted octanol–water partition coefficient (Wildman–Crippen LogP) is 2.97. The zero-order valence-corrected chi connectivity index (χ0v) is 18.3. The number of rotatable bonds is 5. The summed E-state index contributed by atoms with van der Waals surface area (Å²) in [4.78, 5) is 14.2. The van der Waals surface area contributed by atoms with Crippen LogP contribution < -0.4 is 5.32 Å². The van der Waals surface area contributed by atoms with Crippen molar-refractivity contribution < 1.29 is 26.4 Å². The van der Waals surface area contributed by atoms with E-state index in [0.717, 1.165) is 17.7 Å². The number of amides is 1. The fourth-order valence-corrected chi connectivity index (χ4v) is 5.68. The first-order chi connectivity index (χ1) is 14.5. The van der Waals surface area contributed by atoms with Crippen LogP contribution in [0.2, 0.25) is 0 Å². The Bertz CT molecular complexity index is 1090. The molecule has 0 radical (unpaired) electrons. The monoisotopic (exact) mass is 455 g/mol. The first-order valence-corrected chi connectivity index (χ1v) is 11.2. The van der Waals surface area contributed by atoms with Gasteiger partial charge in [0, 0.05) is 26.2 Å². The molecule has 0 spiro atoms. The molecule has 0 bridgehead atoms. The van der Waals surface area contributed by atoms with E-state index in [2.05, 4.69) is 5.32 Å². The lowest BCUT2D eigenvalue weighted by Gasteiger charge is -2.34. The topological polar surface area (TPSA) is 69.7 Å². The summed E-state index contributed by atoms with van der Waals surface area (Å²) in [5.74, 6) is -5.07. The molecule has 0 aliphatic carbocycles. The molecule has 10 heteroatoms. The van der Waals surface area contributed by atoms with Gasteiger partial charge in [-0.05, 0) is 44.0 Å². The van der Waals surface area contributed by atoms with E-state index in [-0.39, 0.29) is 19.6 Å². The van der Waals surface area contributed by atoms with E-state index in [1.54, 1.807) is 18.7 Å². The number of sulfonamides is 1. The van der Waals surface area contributed by atoms with Crippen LogP contribution in [0.5, 0.6) is 0 Å². The number of hydrogen-bond donors (Lipinski definition) is 1. The zero-order chi connectivity index (χ0) is 22.9. The van der Waals surface area contributed by atoms with E-state index in [9.17, 15) is 26.4 Å². The Labute approximate surface area is 179 Å². The third kappa shape index (κ3) is 4.91. The highest BCUT2D eigenvalue weighted by Crippen LogP contribution is 2.26. The van der Waals surface area contributed by atoms with Gasteiger partial charge in [-0.3, -0.25) is 9.69 Å². The second kappa shape index (κ2) is 8.97. The van der Waals surface area contributed by atoms with Gasteiger partial charge in [-0.25, -0.2) is 21.6 Å². The van der Waals surface area contributed by atoms with Crippen LogP contribution in [-0.2, 0) is 14.8 Å². The summed E-state index contributed by atoms with van der Waals surface area (Å²) in [6.07, 6.45) is 0. The summed E-state index contributed by atoms with van der Waals surface area (Å²) in [7, 11) is -3.68. The molecule has 1 fully saturated rings. The molecule has 1 N–H and O–H groups in total. The molecule has 2 aromatic carbocycles. The molecule has 0 aromatic heterocycles. The maximum atomic E-state index is 13.7. The van der Waals surface area contributed by atoms with Gasteiger partial charge < -0.3 is 5.32 Å². The predicted molar refractivity (Wildman–Crippen MR) is 111 cm³/mol. The van der Waals surface area contributed by atoms with Crippen molar-refractivity contribution in [2.24, 2.45) is 0 Å². The highest BCUT2D eigenvalue weighted by atomic mass is 32.2. The summed E-state index contributed by atoms with van der Waals surface area (Å²) >= 11 is 0. The summed E-state index contributed by atoms with van der Waals surface area (Å²) in [5, 5.41) is 2.22. The van der Waals surface area contributed by atoms with Gasteiger partial charge in [-0.15, -0.1) is 0 Å². The maximum Gasteiger partial charge on any atom is 0.243 e. The van der Waals surface area contributed by atoms with Crippen molar-refractivity contribution in [2.45, 2.75) is 25.7 Å². The Morgan fingerprint density at radius 2 is 1.55 bits per heavy atom. The number of carbonyl (C=O) groups is 1. The quantitative estimate of drug-likeness (QED) is 0.704. The highest BCUT2D eigenvalue weighted by molar-refractivity contribution is 7.89. The van der Waals surface area contributed by atoms with E-state index in [1.807, 2.05) is 19.1 Å². The van der Waals surface area contributed by atoms with Crippen molar-refractivity contribution >= 4 is 21.6 Å². The Hall–Kier alpha value is -2.43. The van der Waals surface area contributed by atoms with Gasteiger partial charge in [0.25, 0.3) is 0 Å². The highest BCUT2D eigenvalue weighted by Gasteiger charge is 2.31. The third-order valence-corrected chi connectivity index (χ3v) is 7.42. The molecule has 0 saturated carbocycles. The van der Waals surface area contributed by atoms with Gasteiger partial charge in [0.1, 0.15) is 0 Å². The molecule has 1 amide bonds. The van der Waals surface area contributed by atoms with Crippen molar-refractivity contribution in [1.29, 1.82) is 0 Å². The summed E-state index contributed by atoms with van der Waals surface area (Å²) < 4.78 is 67.7. The van der Waals surface area contributed by atoms with Gasteiger partial charge in [0.05, 0.1) is 17.1 Å². The lowest BCUT2D eigenvalue weighted by molar-refractivity contribution is -0.117. The summed E-state index contributed by atoms with van der Waals surface area (Å²) in [6, 6.07) is 5.34. The lowest BCUT2D eigenvalue weighted by atomic mass is 10.1. The Morgan fingerprint density at radius 3 is 2.13 bits per heavy atom. The number of benzene rings is 2. The molecule has 31 heavy (non-hydrogen) atoms. The van der Waals surface area contributed by atoms with Gasteiger partial charge in [-0.1, -0.05) is 17.7 Å². The van der Waals surface area contributed by atoms with Crippen LogP contribution in [0.3, 0.4) is 0 Å². The number of hydrogen-bond acceptors (Lipinski definition) is 4. The lowest BCUT2D eigenvalue weighted by Crippen LogP contribution is -2.50. The molecule has 0 unspecified atom stereocenters. The van der Waals surface area contributed by atoms with Crippen molar-refractivity contribution in [1.82, 2.24) is 9.21 Å². The molecule has 6 nitrogen and oxygen atoms in total. The molecule has 168 valence electrons. The normalized spacial score (nSPS) is 15.8. The smallest absolute Gasteiger partial charge is 0.243 e. The SMILES string of the molecule is Cc1cc(C)c(S(=O)(=O)N2CCN(CC(=O)Nc3ccc(F)c(F)c3F)CC2)c(C)c1. The van der Waals surface area contributed by atoms with Crippen LogP contribution in [0, 0.1) is 38.2 Å². The van der Waals surface area contributed by atoms with E-state index in [1.165, 1.54) is 4.31 Å². The molecule has 1 saturated heterocycles. The third-order valence-electron chi connectivity index (χ3n) is 5.21. The minimum atomic E-state index is -3.68. The van der Waals surface area contributed by atoms with Gasteiger partial charge in [0.2, 0.25) is 15.9 Å². The van der Waals surface area contributed by atoms with Gasteiger partial charge in [0.15, 0.2) is 17.5 Å². The van der Waals surface area contributed by atoms with Crippen molar-refractivity contribution in [3.05, 3.63) is 58.4 Å². The number of nitrogens with zero attached hydrogens (tertiary/aromatic N) is 2. The molecule has 1 heterocycles. The van der Waals surface area contributed by atoms with Crippen molar-refractivity contribution in [3.63, 3.8) is 0 Å². The molecule has 3 rings (SSSR count). The number of halogens is 3. The van der Waals surface area contributed by atoms with E-state index < -0.39 is 39.1 Å². The molecule has 0 atom stereocenters. The van der Waals surface area contributed by atoms with Crippen molar-refractivity contribution in [3.8, 4) is 0 Å². The van der Waals surface area contributed by atoms with E-state index in [0.29, 0.717) is 29.1 Å². The Kier molecular flexibility index (Phi) is 6.73. The van der Waals surface area contributed by atoms with Gasteiger partial charge in [-0.2, -0.15) is 4.31 Å². The standard InChI is InChI=1S/C21H24F3N3O3S/c1-13-10-14(2)21(15(3)11-13)31(29,30)27-8-6-26(7-9-27)12-18(28)25-17-5-4-16(22)19(23)20(17)24/h4-5,10-11H,6-9,12H2,1-3H3,(H,25,28). The second-order valence-electron chi connectivity index (χ2n) is 7.68. The molecule has 1 aliphatic heterocycles. The largest absolute Gasteiger partial charge is 0.322 e. The Balaban J connectivity index is 1.62. The number of anilines is 1. The van der Waals surface area contributed by atoms with Gasteiger partial charge >= 0.3 is 0 Å². The minimum Gasteiger partial charge on any atom is -0.322 e. The molecule has 1 aliphatic rings. The molecular weight excluding hydrogens is 431 g/mol. The molecular formula is C21H24F3N3O3S. The van der Waals surface area contributed by atoms with Crippen LogP contribution in [0.25, 0.3) is 0 Å². The first kappa shape index (κ1) is 23.2.